The lowest BCUT2D eigenvalue weighted by atomic mass is 10.1. The third-order valence-corrected chi connectivity index (χ3v) is 3.72. The van der Waals surface area contributed by atoms with Crippen LogP contribution in [0.4, 0.5) is 0 Å². The van der Waals surface area contributed by atoms with Crippen LogP contribution in [0.2, 0.25) is 0 Å². The summed E-state index contributed by atoms with van der Waals surface area (Å²) in [5.74, 6) is 0.566. The molecule has 0 unspecified atom stereocenters. The zero-order chi connectivity index (χ0) is 12.8. The van der Waals surface area contributed by atoms with Crippen LogP contribution in [0.5, 0.6) is 0 Å². The maximum absolute atomic E-state index is 11.8. The number of rotatable bonds is 6. The number of amides is 1. The molecule has 3 nitrogen and oxygen atoms in total. The number of hydrogen-bond donors (Lipinski definition) is 1. The molecule has 0 aromatic heterocycles. The van der Waals surface area contributed by atoms with E-state index in [2.05, 4.69) is 37.9 Å². The van der Waals surface area contributed by atoms with Gasteiger partial charge < -0.3 is 5.32 Å². The van der Waals surface area contributed by atoms with Crippen molar-refractivity contribution in [3.05, 3.63) is 0 Å². The summed E-state index contributed by atoms with van der Waals surface area (Å²) in [4.78, 5) is 14.2. The van der Waals surface area contributed by atoms with Crippen LogP contribution in [0.15, 0.2) is 0 Å². The van der Waals surface area contributed by atoms with E-state index in [1.54, 1.807) is 0 Å². The van der Waals surface area contributed by atoms with Crippen LogP contribution in [0.25, 0.3) is 0 Å². The smallest absolute Gasteiger partial charge is 0.223 e. The maximum atomic E-state index is 11.8. The summed E-state index contributed by atoms with van der Waals surface area (Å²) in [5.41, 5.74) is 0. The Balaban J connectivity index is 2.23. The van der Waals surface area contributed by atoms with Gasteiger partial charge in [0.25, 0.3) is 0 Å². The second-order valence-electron chi connectivity index (χ2n) is 5.70. The Bertz CT molecular complexity index is 224. The summed E-state index contributed by atoms with van der Waals surface area (Å²) < 4.78 is 0. The van der Waals surface area contributed by atoms with E-state index < -0.39 is 0 Å². The highest BCUT2D eigenvalue weighted by Crippen LogP contribution is 2.24. The second-order valence-corrected chi connectivity index (χ2v) is 5.70. The van der Waals surface area contributed by atoms with Crippen molar-refractivity contribution in [1.82, 2.24) is 10.2 Å². The highest BCUT2D eigenvalue weighted by molar-refractivity contribution is 5.78. The molecule has 0 bridgehead atoms. The maximum Gasteiger partial charge on any atom is 0.223 e. The van der Waals surface area contributed by atoms with Crippen molar-refractivity contribution >= 4 is 5.91 Å². The van der Waals surface area contributed by atoms with Crippen LogP contribution in [0, 0.1) is 5.92 Å². The Morgan fingerprint density at radius 2 is 1.71 bits per heavy atom. The van der Waals surface area contributed by atoms with Crippen molar-refractivity contribution < 1.29 is 4.79 Å². The third-order valence-electron chi connectivity index (χ3n) is 3.72. The normalized spacial score (nSPS) is 17.4. The van der Waals surface area contributed by atoms with Gasteiger partial charge >= 0.3 is 0 Å². The molecular formula is C14H28N2O. The number of nitrogens with zero attached hydrogens (tertiary/aromatic N) is 1. The average molecular weight is 240 g/mol. The van der Waals surface area contributed by atoms with Gasteiger partial charge in [0.05, 0.1) is 0 Å². The number of hydrogen-bond acceptors (Lipinski definition) is 2. The highest BCUT2D eigenvalue weighted by atomic mass is 16.1. The summed E-state index contributed by atoms with van der Waals surface area (Å²) >= 11 is 0. The lowest BCUT2D eigenvalue weighted by Crippen LogP contribution is -2.43. The lowest BCUT2D eigenvalue weighted by molar-refractivity contribution is -0.124. The molecule has 1 rings (SSSR count). The molecule has 1 aliphatic rings. The van der Waals surface area contributed by atoms with Gasteiger partial charge in [-0.15, -0.1) is 0 Å². The summed E-state index contributed by atoms with van der Waals surface area (Å²) in [5, 5.41) is 3.08. The number of nitrogens with one attached hydrogen (secondary N) is 1. The van der Waals surface area contributed by atoms with Crippen molar-refractivity contribution in [2.75, 3.05) is 13.1 Å². The fraction of sp³-hybridized carbons (Fsp3) is 0.929. The molecule has 0 aromatic carbocycles. The molecule has 100 valence electrons. The predicted octanol–water partition coefficient (Wildman–Crippen LogP) is 2.41. The molecule has 0 aromatic rings. The van der Waals surface area contributed by atoms with Crippen molar-refractivity contribution in [3.63, 3.8) is 0 Å². The first-order valence-corrected chi connectivity index (χ1v) is 7.05. The van der Waals surface area contributed by atoms with Gasteiger partial charge in [0.1, 0.15) is 0 Å². The Kier molecular flexibility index (Phi) is 5.96. The minimum absolute atomic E-state index is 0.273. The van der Waals surface area contributed by atoms with E-state index >= 15 is 0 Å². The lowest BCUT2D eigenvalue weighted by Gasteiger charge is -2.30. The Hall–Kier alpha value is -0.570. The first kappa shape index (κ1) is 14.5. The summed E-state index contributed by atoms with van der Waals surface area (Å²) in [6.45, 7) is 10.6. The molecule has 1 N–H and O–H groups in total. The van der Waals surface area contributed by atoms with Gasteiger partial charge in [0.15, 0.2) is 0 Å². The Morgan fingerprint density at radius 3 is 2.18 bits per heavy atom. The molecule has 0 atom stereocenters. The monoisotopic (exact) mass is 240 g/mol. The summed E-state index contributed by atoms with van der Waals surface area (Å²) in [6.07, 6.45) is 4.62. The largest absolute Gasteiger partial charge is 0.355 e. The van der Waals surface area contributed by atoms with Crippen LogP contribution in [-0.2, 0) is 4.79 Å². The van der Waals surface area contributed by atoms with E-state index in [1.807, 2.05) is 0 Å². The Labute approximate surface area is 106 Å². The first-order valence-electron chi connectivity index (χ1n) is 7.05. The van der Waals surface area contributed by atoms with Crippen molar-refractivity contribution in [2.45, 2.75) is 65.5 Å². The van der Waals surface area contributed by atoms with Gasteiger partial charge in [0.2, 0.25) is 5.91 Å². The second kappa shape index (κ2) is 7.00. The highest BCUT2D eigenvalue weighted by Gasteiger charge is 2.22. The van der Waals surface area contributed by atoms with E-state index in [0.717, 1.165) is 25.9 Å². The van der Waals surface area contributed by atoms with Crippen LogP contribution in [0.1, 0.15) is 53.4 Å². The molecule has 1 fully saturated rings. The molecule has 0 heterocycles. The van der Waals surface area contributed by atoms with Gasteiger partial charge in [-0.25, -0.2) is 0 Å². The van der Waals surface area contributed by atoms with Crippen LogP contribution in [-0.4, -0.2) is 36.0 Å². The molecule has 1 aliphatic carbocycles. The standard InChI is InChI=1S/C14H28N2O/c1-11(2)16(12(3)4)10-9-15-14(17)13-7-5-6-8-13/h11-13H,5-10H2,1-4H3,(H,15,17). The molecule has 1 saturated carbocycles. The topological polar surface area (TPSA) is 32.3 Å². The minimum Gasteiger partial charge on any atom is -0.355 e. The van der Waals surface area contributed by atoms with Crippen LogP contribution in [0.3, 0.4) is 0 Å². The first-order chi connectivity index (χ1) is 8.02. The fourth-order valence-electron chi connectivity index (χ4n) is 2.75. The molecular weight excluding hydrogens is 212 g/mol. The number of carbonyl (C=O) groups is 1. The SMILES string of the molecule is CC(C)N(CCNC(=O)C1CCCC1)C(C)C. The van der Waals surface area contributed by atoms with Crippen LogP contribution < -0.4 is 5.32 Å². The quantitative estimate of drug-likeness (QED) is 0.773. The molecule has 0 saturated heterocycles. The van der Waals surface area contributed by atoms with Gasteiger partial charge in [0, 0.05) is 31.1 Å². The average Bonchev–Trinajstić information content (AvgIpc) is 2.76. The van der Waals surface area contributed by atoms with Gasteiger partial charge in [-0.2, -0.15) is 0 Å². The van der Waals surface area contributed by atoms with Crippen molar-refractivity contribution in [2.24, 2.45) is 5.92 Å². The molecule has 3 heteroatoms. The zero-order valence-corrected chi connectivity index (χ0v) is 11.8. The van der Waals surface area contributed by atoms with Gasteiger partial charge in [-0.05, 0) is 40.5 Å². The molecule has 0 radical (unpaired) electrons. The molecule has 0 spiro atoms. The van der Waals surface area contributed by atoms with E-state index in [1.165, 1.54) is 12.8 Å². The van der Waals surface area contributed by atoms with Crippen molar-refractivity contribution in [1.29, 1.82) is 0 Å². The van der Waals surface area contributed by atoms with Gasteiger partial charge in [-0.3, -0.25) is 9.69 Å². The minimum atomic E-state index is 0.273. The van der Waals surface area contributed by atoms with Gasteiger partial charge in [-0.1, -0.05) is 12.8 Å². The number of carbonyl (C=O) groups excluding carboxylic acids is 1. The predicted molar refractivity (Wildman–Crippen MR) is 71.9 cm³/mol. The zero-order valence-electron chi connectivity index (χ0n) is 11.8. The van der Waals surface area contributed by atoms with E-state index in [-0.39, 0.29) is 5.91 Å². The Morgan fingerprint density at radius 1 is 1.18 bits per heavy atom. The van der Waals surface area contributed by atoms with E-state index in [9.17, 15) is 4.79 Å². The summed E-state index contributed by atoms with van der Waals surface area (Å²) in [7, 11) is 0. The molecule has 17 heavy (non-hydrogen) atoms. The van der Waals surface area contributed by atoms with E-state index in [4.69, 9.17) is 0 Å². The third kappa shape index (κ3) is 4.66. The van der Waals surface area contributed by atoms with Crippen LogP contribution >= 0.6 is 0 Å². The van der Waals surface area contributed by atoms with E-state index in [0.29, 0.717) is 18.0 Å². The molecule has 1 amide bonds. The summed E-state index contributed by atoms with van der Waals surface area (Å²) in [6, 6.07) is 1.08. The van der Waals surface area contributed by atoms with Crippen molar-refractivity contribution in [3.8, 4) is 0 Å². The molecule has 0 aliphatic heterocycles. The fourth-order valence-corrected chi connectivity index (χ4v) is 2.75.